The van der Waals surface area contributed by atoms with Gasteiger partial charge >= 0.3 is 0 Å². The van der Waals surface area contributed by atoms with Crippen molar-refractivity contribution in [3.63, 3.8) is 0 Å². The van der Waals surface area contributed by atoms with Crippen LogP contribution in [0.3, 0.4) is 0 Å². The molecule has 7 heteroatoms. The van der Waals surface area contributed by atoms with Gasteiger partial charge in [-0.05, 0) is 0 Å². The topological polar surface area (TPSA) is 67.3 Å². The second-order valence-corrected chi connectivity index (χ2v) is 4.85. The van der Waals surface area contributed by atoms with Crippen LogP contribution in [0.4, 0.5) is 11.4 Å². The summed E-state index contributed by atoms with van der Waals surface area (Å²) in [5.74, 6) is -0.165. The Labute approximate surface area is 138 Å². The van der Waals surface area contributed by atoms with E-state index in [-0.39, 0.29) is 35.0 Å². The van der Waals surface area contributed by atoms with Crippen molar-refractivity contribution in [1.29, 1.82) is 0 Å². The van der Waals surface area contributed by atoms with Crippen LogP contribution in [0.25, 0.3) is 0 Å². The lowest BCUT2D eigenvalue weighted by Crippen LogP contribution is -3.00. The van der Waals surface area contributed by atoms with Gasteiger partial charge in [0.2, 0.25) is 12.3 Å². The lowest BCUT2D eigenvalue weighted by Gasteiger charge is -2.10. The fourth-order valence-corrected chi connectivity index (χ4v) is 1.90. The summed E-state index contributed by atoms with van der Waals surface area (Å²) in [6, 6.07) is 9.59. The number of carbonyl (C=O) groups excluding carboxylic acids is 1. The molecule has 0 fully saturated rings. The smallest absolute Gasteiger partial charge is 0.270 e. The van der Waals surface area contributed by atoms with Gasteiger partial charge in [0.05, 0.1) is 4.92 Å². The Hall–Kier alpha value is -2.28. The highest BCUT2D eigenvalue weighted by Crippen LogP contribution is 2.13. The molecule has 0 atom stereocenters. The number of hydrogen-bond donors (Lipinski definition) is 0. The Morgan fingerprint density at radius 1 is 1.23 bits per heavy atom. The molecule has 0 unspecified atom stereocenters. The quantitative estimate of drug-likeness (QED) is 0.290. The van der Waals surface area contributed by atoms with E-state index in [0.717, 1.165) is 5.69 Å². The molecule has 0 spiro atoms. The number of anilines is 1. The van der Waals surface area contributed by atoms with Crippen LogP contribution in [-0.4, -0.2) is 24.8 Å². The number of rotatable bonds is 5. The van der Waals surface area contributed by atoms with E-state index in [4.69, 9.17) is 0 Å². The number of nitro benzene ring substituents is 1. The number of carbonyl (C=O) groups is 1. The van der Waals surface area contributed by atoms with Gasteiger partial charge in [0.15, 0.2) is 12.4 Å². The molecule has 6 nitrogen and oxygen atoms in total. The van der Waals surface area contributed by atoms with Crippen LogP contribution in [0.5, 0.6) is 0 Å². The van der Waals surface area contributed by atoms with E-state index in [1.54, 1.807) is 10.6 Å². The van der Waals surface area contributed by atoms with Gasteiger partial charge in [0, 0.05) is 49.6 Å². The number of aromatic nitrogens is 1. The molecule has 0 saturated carbocycles. The lowest BCUT2D eigenvalue weighted by molar-refractivity contribution is -0.683. The van der Waals surface area contributed by atoms with Gasteiger partial charge < -0.3 is 21.9 Å². The number of non-ortho nitro benzene ring substituents is 1. The van der Waals surface area contributed by atoms with Gasteiger partial charge in [-0.25, -0.2) is 0 Å². The average molecular weight is 366 g/mol. The summed E-state index contributed by atoms with van der Waals surface area (Å²) in [4.78, 5) is 24.3. The van der Waals surface area contributed by atoms with E-state index < -0.39 is 4.92 Å². The van der Waals surface area contributed by atoms with Crippen LogP contribution in [-0.2, 0) is 6.54 Å². The van der Waals surface area contributed by atoms with Crippen molar-refractivity contribution in [2.75, 3.05) is 19.0 Å². The van der Waals surface area contributed by atoms with E-state index in [9.17, 15) is 14.9 Å². The largest absolute Gasteiger partial charge is 1.00 e. The van der Waals surface area contributed by atoms with Gasteiger partial charge in [0.1, 0.15) is 0 Å². The highest BCUT2D eigenvalue weighted by atomic mass is 79.9. The minimum absolute atomic E-state index is 0. The summed E-state index contributed by atoms with van der Waals surface area (Å²) in [5, 5.41) is 10.7. The highest BCUT2D eigenvalue weighted by molar-refractivity contribution is 5.95. The molecule has 0 aliphatic rings. The first kappa shape index (κ1) is 17.8. The number of nitro groups is 1. The third-order valence-electron chi connectivity index (χ3n) is 3.10. The van der Waals surface area contributed by atoms with Crippen molar-refractivity contribution in [3.8, 4) is 0 Å². The van der Waals surface area contributed by atoms with Crippen LogP contribution in [0, 0.1) is 10.1 Å². The minimum atomic E-state index is -0.504. The van der Waals surface area contributed by atoms with Gasteiger partial charge in [0.25, 0.3) is 5.69 Å². The van der Waals surface area contributed by atoms with E-state index in [1.165, 1.54) is 18.2 Å². The number of benzene rings is 1. The molecular formula is C15H16BrN3O3. The Morgan fingerprint density at radius 3 is 2.41 bits per heavy atom. The SMILES string of the molecule is CN(C)c1cc[n+](CC(=O)c2cccc([N+](=O)[O-])c2)cc1.[Br-]. The molecule has 0 radical (unpaired) electrons. The molecule has 0 saturated heterocycles. The fourth-order valence-electron chi connectivity index (χ4n) is 1.90. The highest BCUT2D eigenvalue weighted by Gasteiger charge is 2.15. The van der Waals surface area contributed by atoms with Crippen molar-refractivity contribution >= 4 is 17.2 Å². The Balaban J connectivity index is 0.00000242. The zero-order chi connectivity index (χ0) is 15.4. The second kappa shape index (κ2) is 7.65. The predicted molar refractivity (Wildman–Crippen MR) is 78.4 cm³/mol. The third kappa shape index (κ3) is 4.36. The Kier molecular flexibility index (Phi) is 6.18. The van der Waals surface area contributed by atoms with Crippen LogP contribution in [0.1, 0.15) is 10.4 Å². The molecule has 1 aromatic carbocycles. The fraction of sp³-hybridized carbons (Fsp3) is 0.200. The number of pyridine rings is 1. The maximum absolute atomic E-state index is 12.2. The van der Waals surface area contributed by atoms with Crippen molar-refractivity contribution in [2.45, 2.75) is 6.54 Å². The molecular weight excluding hydrogens is 350 g/mol. The first-order valence-electron chi connectivity index (χ1n) is 6.41. The second-order valence-electron chi connectivity index (χ2n) is 4.85. The normalized spacial score (nSPS) is 9.73. The molecule has 116 valence electrons. The summed E-state index contributed by atoms with van der Waals surface area (Å²) in [6.45, 7) is 0.148. The molecule has 0 aliphatic carbocycles. The molecule has 0 amide bonds. The molecule has 0 N–H and O–H groups in total. The molecule has 22 heavy (non-hydrogen) atoms. The molecule has 2 aromatic rings. The van der Waals surface area contributed by atoms with Gasteiger partial charge in [-0.2, -0.15) is 4.57 Å². The van der Waals surface area contributed by atoms with E-state index in [1.807, 2.05) is 43.5 Å². The summed E-state index contributed by atoms with van der Waals surface area (Å²) in [6.07, 6.45) is 3.62. The maximum atomic E-state index is 12.2. The summed E-state index contributed by atoms with van der Waals surface area (Å²) >= 11 is 0. The van der Waals surface area contributed by atoms with Crippen molar-refractivity contribution in [3.05, 3.63) is 64.5 Å². The summed E-state index contributed by atoms with van der Waals surface area (Å²) < 4.78 is 1.74. The Bertz CT molecular complexity index is 672. The third-order valence-corrected chi connectivity index (χ3v) is 3.10. The van der Waals surface area contributed by atoms with Gasteiger partial charge in [-0.3, -0.25) is 14.9 Å². The van der Waals surface area contributed by atoms with E-state index in [0.29, 0.717) is 5.56 Å². The zero-order valence-electron chi connectivity index (χ0n) is 12.3. The predicted octanol–water partition coefficient (Wildman–Crippen LogP) is -1.16. The lowest BCUT2D eigenvalue weighted by atomic mass is 10.1. The molecule has 1 heterocycles. The monoisotopic (exact) mass is 365 g/mol. The molecule has 0 aliphatic heterocycles. The van der Waals surface area contributed by atoms with E-state index in [2.05, 4.69) is 0 Å². The number of hydrogen-bond acceptors (Lipinski definition) is 4. The minimum Gasteiger partial charge on any atom is -1.00 e. The van der Waals surface area contributed by atoms with Crippen LogP contribution in [0.15, 0.2) is 48.8 Å². The number of Topliss-reactive ketones (excluding diaryl/α,β-unsaturated/α-hetero) is 1. The average Bonchev–Trinajstić information content (AvgIpc) is 2.48. The summed E-state index contributed by atoms with van der Waals surface area (Å²) in [7, 11) is 3.88. The van der Waals surface area contributed by atoms with Gasteiger partial charge in [-0.15, -0.1) is 0 Å². The molecule has 2 rings (SSSR count). The summed E-state index contributed by atoms with van der Waals surface area (Å²) in [5.41, 5.74) is 1.30. The van der Waals surface area contributed by atoms with Crippen molar-refractivity contribution < 1.29 is 31.3 Å². The molecule has 1 aromatic heterocycles. The number of halogens is 1. The van der Waals surface area contributed by atoms with Crippen molar-refractivity contribution in [1.82, 2.24) is 0 Å². The first-order valence-corrected chi connectivity index (χ1v) is 6.41. The maximum Gasteiger partial charge on any atom is 0.270 e. The van der Waals surface area contributed by atoms with E-state index >= 15 is 0 Å². The first-order chi connectivity index (χ1) is 9.97. The Morgan fingerprint density at radius 2 is 1.86 bits per heavy atom. The number of ketones is 1. The van der Waals surface area contributed by atoms with Gasteiger partial charge in [-0.1, -0.05) is 12.1 Å². The molecule has 0 bridgehead atoms. The van der Waals surface area contributed by atoms with Crippen LogP contribution >= 0.6 is 0 Å². The van der Waals surface area contributed by atoms with Crippen LogP contribution in [0.2, 0.25) is 0 Å². The standard InChI is InChI=1S/C15H16N3O3.BrH/c1-16(2)13-6-8-17(9-7-13)11-15(19)12-4-3-5-14(10-12)18(20)21;/h3-10H,11H2,1-2H3;1H/q+1;/p-1. The van der Waals surface area contributed by atoms with Crippen molar-refractivity contribution in [2.24, 2.45) is 0 Å². The van der Waals surface area contributed by atoms with Crippen LogP contribution < -0.4 is 26.4 Å². The zero-order valence-corrected chi connectivity index (χ0v) is 13.9. The number of nitrogens with zero attached hydrogens (tertiary/aromatic N) is 3.